The molecule has 0 radical (unpaired) electrons. The first-order valence-electron chi connectivity index (χ1n) is 10.6. The number of aryl methyl sites for hydroxylation is 1. The standard InChI is InChI=1S/C26H23N3O4/c1-16-7-9-17(10-8-16)23-24(27-18-11-12-21-22(13-18)33-15-32-21)26(31)29(25(23)30)20-6-4-5-19(14-20)28(2)3/h4-14,27H,15H2,1-3H3. The highest BCUT2D eigenvalue weighted by Crippen LogP contribution is 2.38. The predicted octanol–water partition coefficient (Wildman–Crippen LogP) is 4.19. The minimum atomic E-state index is -0.413. The molecule has 33 heavy (non-hydrogen) atoms. The van der Waals surface area contributed by atoms with E-state index in [1.165, 1.54) is 4.90 Å². The summed E-state index contributed by atoms with van der Waals surface area (Å²) in [6, 6.07) is 20.2. The highest BCUT2D eigenvalue weighted by Gasteiger charge is 2.40. The Hall–Kier alpha value is -4.26. The molecule has 7 heteroatoms. The zero-order chi connectivity index (χ0) is 23.1. The van der Waals surface area contributed by atoms with Crippen LogP contribution in [0.3, 0.4) is 0 Å². The van der Waals surface area contributed by atoms with Crippen molar-refractivity contribution in [2.75, 3.05) is 36.0 Å². The zero-order valence-corrected chi connectivity index (χ0v) is 18.6. The molecule has 0 spiro atoms. The molecule has 166 valence electrons. The first-order valence-corrected chi connectivity index (χ1v) is 10.6. The molecule has 2 heterocycles. The highest BCUT2D eigenvalue weighted by atomic mass is 16.7. The van der Waals surface area contributed by atoms with Gasteiger partial charge in [0, 0.05) is 31.5 Å². The van der Waals surface area contributed by atoms with Crippen molar-refractivity contribution < 1.29 is 19.1 Å². The Labute approximate surface area is 191 Å². The summed E-state index contributed by atoms with van der Waals surface area (Å²) in [5.41, 5.74) is 4.32. The van der Waals surface area contributed by atoms with Gasteiger partial charge in [0.2, 0.25) is 6.79 Å². The van der Waals surface area contributed by atoms with Gasteiger partial charge < -0.3 is 19.7 Å². The van der Waals surface area contributed by atoms with E-state index in [-0.39, 0.29) is 18.4 Å². The molecule has 0 aliphatic carbocycles. The van der Waals surface area contributed by atoms with E-state index >= 15 is 0 Å². The van der Waals surface area contributed by atoms with Crippen LogP contribution in [0.2, 0.25) is 0 Å². The Morgan fingerprint density at radius 1 is 0.879 bits per heavy atom. The fourth-order valence-corrected chi connectivity index (χ4v) is 3.90. The van der Waals surface area contributed by atoms with Crippen molar-refractivity contribution in [3.63, 3.8) is 0 Å². The van der Waals surface area contributed by atoms with Crippen molar-refractivity contribution in [1.82, 2.24) is 0 Å². The third-order valence-corrected chi connectivity index (χ3v) is 5.67. The number of hydrogen-bond acceptors (Lipinski definition) is 6. The molecule has 0 bridgehead atoms. The van der Waals surface area contributed by atoms with Gasteiger partial charge in [0.1, 0.15) is 5.70 Å². The number of ether oxygens (including phenoxy) is 2. The minimum absolute atomic E-state index is 0.156. The summed E-state index contributed by atoms with van der Waals surface area (Å²) in [5.74, 6) is 0.446. The summed E-state index contributed by atoms with van der Waals surface area (Å²) in [7, 11) is 3.82. The van der Waals surface area contributed by atoms with Crippen molar-refractivity contribution in [3.05, 3.63) is 83.6 Å². The van der Waals surface area contributed by atoms with E-state index < -0.39 is 5.91 Å². The molecule has 3 aromatic rings. The first kappa shape index (κ1) is 20.6. The third kappa shape index (κ3) is 3.67. The van der Waals surface area contributed by atoms with Crippen LogP contribution >= 0.6 is 0 Å². The van der Waals surface area contributed by atoms with Gasteiger partial charge in [-0.3, -0.25) is 9.59 Å². The summed E-state index contributed by atoms with van der Waals surface area (Å²) < 4.78 is 10.8. The van der Waals surface area contributed by atoms with Gasteiger partial charge in [-0.15, -0.1) is 0 Å². The second-order valence-electron chi connectivity index (χ2n) is 8.17. The molecular formula is C26H23N3O4. The van der Waals surface area contributed by atoms with Crippen LogP contribution in [-0.2, 0) is 9.59 Å². The van der Waals surface area contributed by atoms with E-state index in [0.29, 0.717) is 34.0 Å². The third-order valence-electron chi connectivity index (χ3n) is 5.67. The van der Waals surface area contributed by atoms with E-state index in [0.717, 1.165) is 11.3 Å². The Balaban J connectivity index is 1.58. The van der Waals surface area contributed by atoms with E-state index in [2.05, 4.69) is 5.32 Å². The molecular weight excluding hydrogens is 418 g/mol. The van der Waals surface area contributed by atoms with Gasteiger partial charge in [0.15, 0.2) is 11.5 Å². The number of amides is 2. The van der Waals surface area contributed by atoms with Crippen LogP contribution in [0.1, 0.15) is 11.1 Å². The van der Waals surface area contributed by atoms with Crippen LogP contribution in [-0.4, -0.2) is 32.7 Å². The lowest BCUT2D eigenvalue weighted by Crippen LogP contribution is -2.32. The molecule has 7 nitrogen and oxygen atoms in total. The number of carbonyl (C=O) groups is 2. The van der Waals surface area contributed by atoms with Crippen LogP contribution in [0, 0.1) is 6.92 Å². The summed E-state index contributed by atoms with van der Waals surface area (Å²) in [6.45, 7) is 2.13. The molecule has 1 N–H and O–H groups in total. The Morgan fingerprint density at radius 3 is 2.39 bits per heavy atom. The largest absolute Gasteiger partial charge is 0.454 e. The number of benzene rings is 3. The molecule has 0 saturated carbocycles. The number of nitrogens with one attached hydrogen (secondary N) is 1. The fourth-order valence-electron chi connectivity index (χ4n) is 3.90. The molecule has 5 rings (SSSR count). The van der Waals surface area contributed by atoms with Crippen molar-refractivity contribution >= 4 is 34.4 Å². The van der Waals surface area contributed by atoms with Gasteiger partial charge >= 0.3 is 0 Å². The SMILES string of the molecule is Cc1ccc(C2=C(Nc3ccc4c(c3)OCO4)C(=O)N(c3cccc(N(C)C)c3)C2=O)cc1. The molecule has 0 aromatic heterocycles. The van der Waals surface area contributed by atoms with Gasteiger partial charge in [0.05, 0.1) is 11.3 Å². The Bertz CT molecular complexity index is 1300. The number of imide groups is 1. The minimum Gasteiger partial charge on any atom is -0.454 e. The second-order valence-corrected chi connectivity index (χ2v) is 8.17. The normalized spacial score (nSPS) is 14.8. The molecule has 0 unspecified atom stereocenters. The maximum absolute atomic E-state index is 13.6. The molecule has 0 atom stereocenters. The zero-order valence-electron chi connectivity index (χ0n) is 18.6. The maximum Gasteiger partial charge on any atom is 0.282 e. The van der Waals surface area contributed by atoms with Gasteiger partial charge in [-0.2, -0.15) is 0 Å². The Morgan fingerprint density at radius 2 is 1.64 bits per heavy atom. The molecule has 3 aromatic carbocycles. The maximum atomic E-state index is 13.6. The van der Waals surface area contributed by atoms with E-state index in [9.17, 15) is 9.59 Å². The van der Waals surface area contributed by atoms with Gasteiger partial charge in [-0.05, 0) is 42.8 Å². The van der Waals surface area contributed by atoms with Crippen LogP contribution in [0.25, 0.3) is 5.57 Å². The Kier molecular flexibility index (Phi) is 5.01. The lowest BCUT2D eigenvalue weighted by atomic mass is 10.0. The first-order chi connectivity index (χ1) is 15.9. The van der Waals surface area contributed by atoms with Crippen molar-refractivity contribution in [2.24, 2.45) is 0 Å². The number of rotatable bonds is 5. The van der Waals surface area contributed by atoms with E-state index in [4.69, 9.17) is 9.47 Å². The lowest BCUT2D eigenvalue weighted by molar-refractivity contribution is -0.120. The summed E-state index contributed by atoms with van der Waals surface area (Å²) in [4.78, 5) is 30.4. The van der Waals surface area contributed by atoms with Gasteiger partial charge in [-0.1, -0.05) is 35.9 Å². The second kappa shape index (κ2) is 8.02. The van der Waals surface area contributed by atoms with Crippen LogP contribution in [0.5, 0.6) is 11.5 Å². The summed E-state index contributed by atoms with van der Waals surface area (Å²) in [5, 5.41) is 3.17. The quantitative estimate of drug-likeness (QED) is 0.599. The summed E-state index contributed by atoms with van der Waals surface area (Å²) in [6.07, 6.45) is 0. The molecule has 0 fully saturated rings. The van der Waals surface area contributed by atoms with E-state index in [1.807, 2.05) is 68.4 Å². The average Bonchev–Trinajstić information content (AvgIpc) is 3.36. The number of carbonyl (C=O) groups excluding carboxylic acids is 2. The van der Waals surface area contributed by atoms with Crippen molar-refractivity contribution in [1.29, 1.82) is 0 Å². The lowest BCUT2D eigenvalue weighted by Gasteiger charge is -2.19. The number of hydrogen-bond donors (Lipinski definition) is 1. The molecule has 0 saturated heterocycles. The highest BCUT2D eigenvalue weighted by molar-refractivity contribution is 6.46. The van der Waals surface area contributed by atoms with Crippen LogP contribution in [0.15, 0.2) is 72.4 Å². The summed E-state index contributed by atoms with van der Waals surface area (Å²) >= 11 is 0. The monoisotopic (exact) mass is 441 g/mol. The fraction of sp³-hybridized carbons (Fsp3) is 0.154. The van der Waals surface area contributed by atoms with Gasteiger partial charge in [0.25, 0.3) is 11.8 Å². The molecule has 2 aliphatic rings. The number of anilines is 3. The topological polar surface area (TPSA) is 71.1 Å². The van der Waals surface area contributed by atoms with Crippen molar-refractivity contribution in [2.45, 2.75) is 6.92 Å². The van der Waals surface area contributed by atoms with Crippen LogP contribution in [0.4, 0.5) is 17.1 Å². The van der Waals surface area contributed by atoms with Gasteiger partial charge in [-0.25, -0.2) is 4.90 Å². The van der Waals surface area contributed by atoms with Crippen LogP contribution < -0.4 is 24.6 Å². The van der Waals surface area contributed by atoms with Crippen molar-refractivity contribution in [3.8, 4) is 11.5 Å². The van der Waals surface area contributed by atoms with E-state index in [1.54, 1.807) is 24.3 Å². The molecule has 2 amide bonds. The number of nitrogens with zero attached hydrogens (tertiary/aromatic N) is 2. The molecule has 2 aliphatic heterocycles. The smallest absolute Gasteiger partial charge is 0.282 e. The number of fused-ring (bicyclic) bond motifs is 1. The predicted molar refractivity (Wildman–Crippen MR) is 128 cm³/mol. The average molecular weight is 441 g/mol.